The normalized spacial score (nSPS) is 10.9. The molecule has 13 heavy (non-hydrogen) atoms. The molecular formula is C11H14BrN. The van der Waals surface area contributed by atoms with E-state index in [9.17, 15) is 0 Å². The maximum Gasteiger partial charge on any atom is 0.0208 e. The summed E-state index contributed by atoms with van der Waals surface area (Å²) < 4.78 is 1.14. The average Bonchev–Trinajstić information content (AvgIpc) is 2.13. The maximum absolute atomic E-state index is 3.44. The molecule has 0 saturated carbocycles. The Bertz CT molecular complexity index is 281. The number of halogens is 1. The van der Waals surface area contributed by atoms with Gasteiger partial charge in [-0.05, 0) is 24.6 Å². The van der Waals surface area contributed by atoms with Gasteiger partial charge >= 0.3 is 0 Å². The van der Waals surface area contributed by atoms with Crippen molar-refractivity contribution >= 4 is 15.9 Å². The van der Waals surface area contributed by atoms with Crippen molar-refractivity contribution in [1.29, 1.82) is 0 Å². The lowest BCUT2D eigenvalue weighted by Crippen LogP contribution is -2.12. The van der Waals surface area contributed by atoms with Crippen LogP contribution in [0.25, 0.3) is 0 Å². The largest absolute Gasteiger partial charge is 0.309 e. The van der Waals surface area contributed by atoms with Crippen LogP contribution < -0.4 is 5.32 Å². The molecule has 0 aliphatic carbocycles. The average molecular weight is 240 g/mol. The fraction of sp³-hybridized carbons (Fsp3) is 0.273. The van der Waals surface area contributed by atoms with Gasteiger partial charge in [0.2, 0.25) is 0 Å². The van der Waals surface area contributed by atoms with Gasteiger partial charge < -0.3 is 5.32 Å². The van der Waals surface area contributed by atoms with Crippen LogP contribution in [0.4, 0.5) is 0 Å². The third-order valence-electron chi connectivity index (χ3n) is 1.72. The molecular weight excluding hydrogens is 226 g/mol. The fourth-order valence-electron chi connectivity index (χ4n) is 1.06. The number of benzene rings is 1. The first kappa shape index (κ1) is 10.5. The minimum Gasteiger partial charge on any atom is -0.309 e. The molecule has 0 aliphatic rings. The number of hydrogen-bond donors (Lipinski definition) is 1. The molecule has 1 nitrogen and oxygen atoms in total. The van der Waals surface area contributed by atoms with Crippen LogP contribution in [0.5, 0.6) is 0 Å². The van der Waals surface area contributed by atoms with Gasteiger partial charge in [-0.25, -0.2) is 0 Å². The molecule has 0 unspecified atom stereocenters. The Labute approximate surface area is 88.0 Å². The molecule has 0 aliphatic heterocycles. The summed E-state index contributed by atoms with van der Waals surface area (Å²) in [5.74, 6) is 0. The van der Waals surface area contributed by atoms with E-state index in [-0.39, 0.29) is 0 Å². The van der Waals surface area contributed by atoms with E-state index >= 15 is 0 Å². The topological polar surface area (TPSA) is 12.0 Å². The van der Waals surface area contributed by atoms with Crippen molar-refractivity contribution < 1.29 is 0 Å². The Morgan fingerprint density at radius 2 is 2.31 bits per heavy atom. The molecule has 0 aromatic heterocycles. The number of allylic oxidation sites excluding steroid dienone is 1. The van der Waals surface area contributed by atoms with E-state index in [0.717, 1.165) is 17.6 Å². The molecule has 0 bridgehead atoms. The number of hydrogen-bond acceptors (Lipinski definition) is 1. The number of rotatable bonds is 4. The first-order valence-electron chi connectivity index (χ1n) is 4.39. The van der Waals surface area contributed by atoms with Crippen LogP contribution in [0.3, 0.4) is 0 Å². The zero-order valence-electron chi connectivity index (χ0n) is 7.76. The molecule has 0 heterocycles. The summed E-state index contributed by atoms with van der Waals surface area (Å²) in [6.45, 7) is 3.88. The van der Waals surface area contributed by atoms with E-state index < -0.39 is 0 Å². The Kier molecular flexibility index (Phi) is 4.79. The quantitative estimate of drug-likeness (QED) is 0.629. The Morgan fingerprint density at radius 1 is 1.46 bits per heavy atom. The summed E-state index contributed by atoms with van der Waals surface area (Å²) in [7, 11) is 0. The van der Waals surface area contributed by atoms with Crippen LogP contribution in [0.15, 0.2) is 40.9 Å². The third kappa shape index (κ3) is 4.25. The van der Waals surface area contributed by atoms with Crippen molar-refractivity contribution in [3.05, 3.63) is 46.5 Å². The van der Waals surface area contributed by atoms with Crippen molar-refractivity contribution in [2.75, 3.05) is 6.54 Å². The summed E-state index contributed by atoms with van der Waals surface area (Å²) >= 11 is 3.44. The highest BCUT2D eigenvalue weighted by atomic mass is 79.9. The van der Waals surface area contributed by atoms with Crippen molar-refractivity contribution in [3.8, 4) is 0 Å². The van der Waals surface area contributed by atoms with Crippen molar-refractivity contribution in [2.24, 2.45) is 0 Å². The Hall–Kier alpha value is -0.600. The van der Waals surface area contributed by atoms with Crippen LogP contribution in [-0.4, -0.2) is 6.54 Å². The molecule has 0 radical (unpaired) electrons. The second-order valence-corrected chi connectivity index (χ2v) is 3.75. The summed E-state index contributed by atoms with van der Waals surface area (Å²) in [5, 5.41) is 3.32. The summed E-state index contributed by atoms with van der Waals surface area (Å²) in [6, 6.07) is 8.34. The second-order valence-electron chi connectivity index (χ2n) is 2.83. The lowest BCUT2D eigenvalue weighted by Gasteiger charge is -2.01. The fourth-order valence-corrected chi connectivity index (χ4v) is 1.51. The highest BCUT2D eigenvalue weighted by Crippen LogP contribution is 2.10. The monoisotopic (exact) mass is 239 g/mol. The van der Waals surface area contributed by atoms with Crippen LogP contribution >= 0.6 is 15.9 Å². The van der Waals surface area contributed by atoms with Gasteiger partial charge in [0.1, 0.15) is 0 Å². The molecule has 1 aromatic carbocycles. The van der Waals surface area contributed by atoms with Gasteiger partial charge in [0.25, 0.3) is 0 Å². The molecule has 70 valence electrons. The highest BCUT2D eigenvalue weighted by molar-refractivity contribution is 9.10. The van der Waals surface area contributed by atoms with Crippen molar-refractivity contribution in [1.82, 2.24) is 5.32 Å². The summed E-state index contributed by atoms with van der Waals surface area (Å²) in [4.78, 5) is 0. The highest BCUT2D eigenvalue weighted by Gasteiger charge is 1.91. The SMILES string of the molecule is C/C=C/CNCc1cccc(Br)c1. The lowest BCUT2D eigenvalue weighted by molar-refractivity contribution is 0.759. The van der Waals surface area contributed by atoms with E-state index in [2.05, 4.69) is 45.5 Å². The molecule has 0 atom stereocenters. The predicted molar refractivity (Wildman–Crippen MR) is 60.7 cm³/mol. The van der Waals surface area contributed by atoms with Crippen LogP contribution in [-0.2, 0) is 6.54 Å². The van der Waals surface area contributed by atoms with Gasteiger partial charge in [-0.1, -0.05) is 40.2 Å². The van der Waals surface area contributed by atoms with E-state index in [4.69, 9.17) is 0 Å². The molecule has 0 saturated heterocycles. The second kappa shape index (κ2) is 5.95. The Balaban J connectivity index is 2.36. The zero-order chi connectivity index (χ0) is 9.52. The summed E-state index contributed by atoms with van der Waals surface area (Å²) in [5.41, 5.74) is 1.30. The Morgan fingerprint density at radius 3 is 3.00 bits per heavy atom. The van der Waals surface area contributed by atoms with Crippen LogP contribution in [0.1, 0.15) is 12.5 Å². The van der Waals surface area contributed by atoms with Gasteiger partial charge in [-0.15, -0.1) is 0 Å². The van der Waals surface area contributed by atoms with Crippen LogP contribution in [0, 0.1) is 0 Å². The third-order valence-corrected chi connectivity index (χ3v) is 2.21. The predicted octanol–water partition coefficient (Wildman–Crippen LogP) is 3.11. The lowest BCUT2D eigenvalue weighted by atomic mass is 10.2. The van der Waals surface area contributed by atoms with Gasteiger partial charge in [-0.2, -0.15) is 0 Å². The minimum absolute atomic E-state index is 0.920. The van der Waals surface area contributed by atoms with Gasteiger partial charge in [0, 0.05) is 17.6 Å². The van der Waals surface area contributed by atoms with Crippen molar-refractivity contribution in [2.45, 2.75) is 13.5 Å². The maximum atomic E-state index is 3.44. The molecule has 1 rings (SSSR count). The smallest absolute Gasteiger partial charge is 0.0208 e. The first-order valence-corrected chi connectivity index (χ1v) is 5.18. The standard InChI is InChI=1S/C11H14BrN/c1-2-3-7-13-9-10-5-4-6-11(12)8-10/h2-6,8,13H,7,9H2,1H3/b3-2+. The summed E-state index contributed by atoms with van der Waals surface area (Å²) in [6.07, 6.45) is 4.16. The van der Waals surface area contributed by atoms with E-state index in [0.29, 0.717) is 0 Å². The van der Waals surface area contributed by atoms with Crippen molar-refractivity contribution in [3.63, 3.8) is 0 Å². The van der Waals surface area contributed by atoms with Gasteiger partial charge in [0.15, 0.2) is 0 Å². The molecule has 2 heteroatoms. The van der Waals surface area contributed by atoms with E-state index in [1.54, 1.807) is 0 Å². The molecule has 0 spiro atoms. The van der Waals surface area contributed by atoms with E-state index in [1.165, 1.54) is 5.56 Å². The zero-order valence-corrected chi connectivity index (χ0v) is 9.34. The van der Waals surface area contributed by atoms with Gasteiger partial charge in [-0.3, -0.25) is 0 Å². The molecule has 1 aromatic rings. The van der Waals surface area contributed by atoms with E-state index in [1.807, 2.05) is 19.1 Å². The number of nitrogens with one attached hydrogen (secondary N) is 1. The molecule has 1 N–H and O–H groups in total. The van der Waals surface area contributed by atoms with Gasteiger partial charge in [0.05, 0.1) is 0 Å². The molecule has 0 amide bonds. The molecule has 0 fully saturated rings. The van der Waals surface area contributed by atoms with Crippen LogP contribution in [0.2, 0.25) is 0 Å². The minimum atomic E-state index is 0.920. The first-order chi connectivity index (χ1) is 6.33.